The Bertz CT molecular complexity index is 1060. The van der Waals surface area contributed by atoms with Crippen LogP contribution in [0.3, 0.4) is 0 Å². The van der Waals surface area contributed by atoms with E-state index in [0.29, 0.717) is 6.61 Å². The van der Waals surface area contributed by atoms with Crippen LogP contribution in [0.25, 0.3) is 0 Å². The molecule has 9 nitrogen and oxygen atoms in total. The second kappa shape index (κ2) is 9.87. The lowest BCUT2D eigenvalue weighted by atomic mass is 9.93. The van der Waals surface area contributed by atoms with Crippen molar-refractivity contribution in [1.29, 1.82) is 0 Å². The van der Waals surface area contributed by atoms with E-state index in [2.05, 4.69) is 10.4 Å². The molecule has 1 aliphatic heterocycles. The van der Waals surface area contributed by atoms with Crippen molar-refractivity contribution in [1.82, 2.24) is 20.0 Å². The smallest absolute Gasteiger partial charge is 0.358 e. The van der Waals surface area contributed by atoms with Gasteiger partial charge in [-0.2, -0.15) is 5.10 Å². The molecule has 1 aromatic heterocycles. The first-order valence-electron chi connectivity index (χ1n) is 12.0. The maximum atomic E-state index is 13.6. The topological polar surface area (TPSA) is 103 Å². The molecule has 2 heterocycles. The van der Waals surface area contributed by atoms with Crippen molar-refractivity contribution in [3.05, 3.63) is 47.3 Å². The first-order valence-corrected chi connectivity index (χ1v) is 12.0. The van der Waals surface area contributed by atoms with Gasteiger partial charge in [-0.3, -0.25) is 14.3 Å². The van der Waals surface area contributed by atoms with Gasteiger partial charge >= 0.3 is 5.97 Å². The van der Waals surface area contributed by atoms with Crippen molar-refractivity contribution in [2.45, 2.75) is 71.1 Å². The fourth-order valence-electron chi connectivity index (χ4n) is 4.65. The van der Waals surface area contributed by atoms with Crippen molar-refractivity contribution in [2.24, 2.45) is 0 Å². The van der Waals surface area contributed by atoms with Gasteiger partial charge < -0.3 is 19.7 Å². The van der Waals surface area contributed by atoms with E-state index >= 15 is 0 Å². The lowest BCUT2D eigenvalue weighted by molar-refractivity contribution is -0.134. The molecular weight excluding hydrogens is 436 g/mol. The van der Waals surface area contributed by atoms with Crippen molar-refractivity contribution in [3.8, 4) is 5.75 Å². The number of rotatable bonds is 8. The minimum Gasteiger partial charge on any atom is -0.494 e. The van der Waals surface area contributed by atoms with Crippen LogP contribution in [-0.2, 0) is 22.6 Å². The van der Waals surface area contributed by atoms with Crippen molar-refractivity contribution < 1.29 is 23.9 Å². The summed E-state index contributed by atoms with van der Waals surface area (Å²) in [6, 6.07) is 9.05. The second-order valence-corrected chi connectivity index (χ2v) is 8.99. The molecule has 182 valence electrons. The minimum absolute atomic E-state index is 0.0617. The van der Waals surface area contributed by atoms with Crippen molar-refractivity contribution in [3.63, 3.8) is 0 Å². The van der Waals surface area contributed by atoms with Gasteiger partial charge in [-0.05, 0) is 51.3 Å². The summed E-state index contributed by atoms with van der Waals surface area (Å²) in [5.74, 6) is -0.410. The van der Waals surface area contributed by atoms with Gasteiger partial charge in [0.1, 0.15) is 17.0 Å². The molecule has 1 fully saturated rings. The number of carbonyl (C=O) groups excluding carboxylic acids is 3. The molecule has 2 aliphatic rings. The summed E-state index contributed by atoms with van der Waals surface area (Å²) in [6.45, 7) is 6.54. The van der Waals surface area contributed by atoms with Crippen LogP contribution >= 0.6 is 0 Å². The predicted molar refractivity (Wildman–Crippen MR) is 124 cm³/mol. The van der Waals surface area contributed by atoms with E-state index in [1.807, 2.05) is 31.2 Å². The highest BCUT2D eigenvalue weighted by molar-refractivity contribution is 6.01. The maximum absolute atomic E-state index is 13.6. The quantitative estimate of drug-likeness (QED) is 0.598. The van der Waals surface area contributed by atoms with Crippen LogP contribution in [0.4, 0.5) is 0 Å². The summed E-state index contributed by atoms with van der Waals surface area (Å²) in [7, 11) is 0. The van der Waals surface area contributed by atoms with Gasteiger partial charge in [0.2, 0.25) is 5.91 Å². The molecule has 4 rings (SSSR count). The van der Waals surface area contributed by atoms with Gasteiger partial charge in [-0.25, -0.2) is 4.79 Å². The van der Waals surface area contributed by atoms with E-state index in [0.717, 1.165) is 37.0 Å². The summed E-state index contributed by atoms with van der Waals surface area (Å²) < 4.78 is 12.0. The number of aromatic nitrogens is 2. The number of nitrogens with one attached hydrogen (secondary N) is 1. The summed E-state index contributed by atoms with van der Waals surface area (Å²) in [6.07, 6.45) is 4.05. The van der Waals surface area contributed by atoms with Crippen LogP contribution in [0.1, 0.15) is 73.0 Å². The molecule has 2 amide bonds. The average Bonchev–Trinajstić information content (AvgIpc) is 3.48. The number of esters is 1. The second-order valence-electron chi connectivity index (χ2n) is 8.99. The number of fused-ring (bicyclic) bond motifs is 1. The van der Waals surface area contributed by atoms with Crippen molar-refractivity contribution >= 4 is 17.8 Å². The Balaban J connectivity index is 1.66. The largest absolute Gasteiger partial charge is 0.494 e. The monoisotopic (exact) mass is 468 g/mol. The van der Waals surface area contributed by atoms with Gasteiger partial charge in [0, 0.05) is 18.7 Å². The molecule has 1 atom stereocenters. The summed E-state index contributed by atoms with van der Waals surface area (Å²) in [5.41, 5.74) is 0.0190. The molecule has 1 saturated carbocycles. The molecule has 1 aliphatic carbocycles. The van der Waals surface area contributed by atoms with Gasteiger partial charge in [0.05, 0.1) is 19.8 Å². The maximum Gasteiger partial charge on any atom is 0.358 e. The fourth-order valence-corrected chi connectivity index (χ4v) is 4.65. The van der Waals surface area contributed by atoms with E-state index in [1.54, 1.807) is 18.7 Å². The number of hydrogen-bond donors (Lipinski definition) is 1. The third kappa shape index (κ3) is 4.64. The standard InChI is InChI=1S/C25H32N4O5/c1-4-33-19-12-10-17(11-13-19)15-28-22(30)21-14-20(23(31)34-5-2)27-29(21)16-25(28,3)24(32)26-18-8-6-7-9-18/h10-14,18H,4-9,15-16H2,1-3H3,(H,26,32)/t25-/m0/s1. The van der Waals surface area contributed by atoms with Gasteiger partial charge in [-0.15, -0.1) is 0 Å². The van der Waals surface area contributed by atoms with Gasteiger partial charge in [0.15, 0.2) is 5.69 Å². The summed E-state index contributed by atoms with van der Waals surface area (Å²) in [5, 5.41) is 7.45. The third-order valence-corrected chi connectivity index (χ3v) is 6.54. The first kappa shape index (κ1) is 23.8. The van der Waals surface area contributed by atoms with Crippen LogP contribution < -0.4 is 10.1 Å². The number of benzene rings is 1. The van der Waals surface area contributed by atoms with Gasteiger partial charge in [0.25, 0.3) is 5.91 Å². The summed E-state index contributed by atoms with van der Waals surface area (Å²) in [4.78, 5) is 41.0. The Hall–Kier alpha value is -3.36. The van der Waals surface area contributed by atoms with Crippen LogP contribution in [0.15, 0.2) is 30.3 Å². The van der Waals surface area contributed by atoms with E-state index in [9.17, 15) is 14.4 Å². The minimum atomic E-state index is -1.18. The first-order chi connectivity index (χ1) is 16.4. The van der Waals surface area contributed by atoms with Gasteiger partial charge in [-0.1, -0.05) is 25.0 Å². The zero-order valence-electron chi connectivity index (χ0n) is 20.0. The Morgan fingerprint density at radius 3 is 2.50 bits per heavy atom. The Morgan fingerprint density at radius 1 is 1.15 bits per heavy atom. The lowest BCUT2D eigenvalue weighted by Gasteiger charge is -2.43. The zero-order valence-corrected chi connectivity index (χ0v) is 20.0. The molecule has 0 unspecified atom stereocenters. The average molecular weight is 469 g/mol. The summed E-state index contributed by atoms with van der Waals surface area (Å²) >= 11 is 0. The SMILES string of the molecule is CCOC(=O)c1cc2n(n1)C[C@@](C)(C(=O)NC1CCCC1)N(Cc1ccc(OCC)cc1)C2=O. The molecule has 9 heteroatoms. The molecule has 2 aromatic rings. The van der Waals surface area contributed by atoms with Crippen molar-refractivity contribution in [2.75, 3.05) is 13.2 Å². The highest BCUT2D eigenvalue weighted by Gasteiger charge is 2.48. The fraction of sp³-hybridized carbons (Fsp3) is 0.520. The molecule has 0 bridgehead atoms. The van der Waals surface area contributed by atoms with E-state index in [1.165, 1.54) is 10.7 Å². The van der Waals surface area contributed by atoms with Crippen LogP contribution in [0.5, 0.6) is 5.75 Å². The Labute approximate surface area is 199 Å². The number of carbonyl (C=O) groups is 3. The number of nitrogens with zero attached hydrogens (tertiary/aromatic N) is 3. The predicted octanol–water partition coefficient (Wildman–Crippen LogP) is 2.93. The highest BCUT2D eigenvalue weighted by atomic mass is 16.5. The zero-order chi connectivity index (χ0) is 24.3. The lowest BCUT2D eigenvalue weighted by Crippen LogP contribution is -2.64. The molecule has 0 spiro atoms. The normalized spacial score (nSPS) is 20.2. The van der Waals surface area contributed by atoms with E-state index in [4.69, 9.17) is 9.47 Å². The third-order valence-electron chi connectivity index (χ3n) is 6.54. The number of amides is 2. The Morgan fingerprint density at radius 2 is 1.85 bits per heavy atom. The van der Waals surface area contributed by atoms with Crippen LogP contribution in [0.2, 0.25) is 0 Å². The number of hydrogen-bond acceptors (Lipinski definition) is 6. The highest BCUT2D eigenvalue weighted by Crippen LogP contribution is 2.31. The molecule has 0 radical (unpaired) electrons. The van der Waals surface area contributed by atoms with Crippen LogP contribution in [0, 0.1) is 0 Å². The van der Waals surface area contributed by atoms with Crippen LogP contribution in [-0.4, -0.2) is 57.3 Å². The van der Waals surface area contributed by atoms with E-state index in [-0.39, 0.29) is 48.9 Å². The molecular formula is C25H32N4O5. The Kier molecular flexibility index (Phi) is 6.90. The molecule has 1 aromatic carbocycles. The van der Waals surface area contributed by atoms with E-state index < -0.39 is 11.5 Å². The number of ether oxygens (including phenoxy) is 2. The molecule has 34 heavy (non-hydrogen) atoms. The molecule has 0 saturated heterocycles. The molecule has 1 N–H and O–H groups in total.